The molecule has 155 valence electrons. The van der Waals surface area contributed by atoms with Crippen LogP contribution in [0.1, 0.15) is 33.6 Å². The Labute approximate surface area is 174 Å². The Balaban J connectivity index is 0.00000124. The summed E-state index contributed by atoms with van der Waals surface area (Å²) in [4.78, 5) is 46.5. The molecule has 0 saturated carbocycles. The van der Waals surface area contributed by atoms with E-state index in [1.807, 2.05) is 13.8 Å². The molecule has 0 N–H and O–H groups in total. The lowest BCUT2D eigenvalue weighted by molar-refractivity contribution is -0.152. The van der Waals surface area contributed by atoms with E-state index in [-0.39, 0.29) is 28.4 Å². The van der Waals surface area contributed by atoms with Gasteiger partial charge >= 0.3 is 31.6 Å². The topological polar surface area (TPSA) is 105 Å². The minimum Gasteiger partial charge on any atom is -0.410 e. The minimum atomic E-state index is -0.942. The molecule has 30 heavy (non-hydrogen) atoms. The number of hydrogen-bond acceptors (Lipinski definition) is 8. The van der Waals surface area contributed by atoms with Gasteiger partial charge in [-0.1, -0.05) is 26.0 Å². The van der Waals surface area contributed by atoms with Crippen LogP contribution in [0.2, 0.25) is 0 Å². The maximum atomic E-state index is 11.6. The second-order valence-electron chi connectivity index (χ2n) is 6.71. The molecule has 0 bridgehead atoms. The third kappa shape index (κ3) is 4.27. The number of hydrogen-bond donors (Lipinski definition) is 0. The van der Waals surface area contributed by atoms with Gasteiger partial charge in [0.1, 0.15) is 0 Å². The summed E-state index contributed by atoms with van der Waals surface area (Å²) in [7, 11) is 1.17. The third-order valence-corrected chi connectivity index (χ3v) is 4.71. The monoisotopic (exact) mass is 411 g/mol. The lowest BCUT2D eigenvalue weighted by atomic mass is 10.0. The van der Waals surface area contributed by atoms with Crippen LogP contribution in [0, 0.1) is 0 Å². The predicted molar refractivity (Wildman–Crippen MR) is 104 cm³/mol. The molecular weight excluding hydrogens is 391 g/mol. The van der Waals surface area contributed by atoms with Crippen LogP contribution in [0.15, 0.2) is 58.7 Å². The van der Waals surface area contributed by atoms with E-state index in [4.69, 9.17) is 9.31 Å². The zero-order chi connectivity index (χ0) is 21.9. The fourth-order valence-corrected chi connectivity index (χ4v) is 3.08. The first-order valence-electron chi connectivity index (χ1n) is 9.58. The first-order chi connectivity index (χ1) is 14.4. The predicted octanol–water partition coefficient (Wildman–Crippen LogP) is 1.94. The molecule has 0 aromatic rings. The number of carbonyl (C=O) groups is 4. The van der Waals surface area contributed by atoms with Gasteiger partial charge in [-0.2, -0.15) is 0 Å². The molecule has 0 spiro atoms. The fraction of sp³-hybridized carbons (Fsp3) is 0.333. The molecule has 1 saturated heterocycles. The Hall–Kier alpha value is -3.04. The van der Waals surface area contributed by atoms with Gasteiger partial charge in [0, 0.05) is 6.10 Å². The van der Waals surface area contributed by atoms with Gasteiger partial charge in [0.05, 0.1) is 27.9 Å². The highest BCUT2D eigenvalue weighted by Gasteiger charge is 2.35. The molecule has 0 aromatic carbocycles. The van der Waals surface area contributed by atoms with Crippen molar-refractivity contribution in [2.24, 2.45) is 0 Å². The lowest BCUT2D eigenvalue weighted by Gasteiger charge is -2.23. The van der Waals surface area contributed by atoms with E-state index < -0.39 is 29.5 Å². The van der Waals surface area contributed by atoms with Crippen LogP contribution < -0.4 is 0 Å². The zero-order valence-electron chi connectivity index (χ0n) is 16.8. The molecule has 4 aliphatic rings. The Morgan fingerprint density at radius 3 is 1.83 bits per heavy atom. The van der Waals surface area contributed by atoms with E-state index >= 15 is 0 Å². The van der Waals surface area contributed by atoms with E-state index in [0.717, 1.165) is 0 Å². The molecule has 8 nitrogen and oxygen atoms in total. The second kappa shape index (κ2) is 8.77. The van der Waals surface area contributed by atoms with Gasteiger partial charge in [0.25, 0.3) is 0 Å². The van der Waals surface area contributed by atoms with Gasteiger partial charge in [-0.05, 0) is 44.1 Å². The van der Waals surface area contributed by atoms with Crippen molar-refractivity contribution >= 4 is 31.6 Å². The Kier molecular flexibility index (Phi) is 6.33. The molecule has 2 aliphatic carbocycles. The maximum absolute atomic E-state index is 11.6. The van der Waals surface area contributed by atoms with Crippen LogP contribution in [-0.2, 0) is 38.0 Å². The number of fused-ring (bicyclic) bond motifs is 1. The van der Waals surface area contributed by atoms with Crippen molar-refractivity contribution in [3.8, 4) is 0 Å². The molecule has 4 rings (SSSR count). The summed E-state index contributed by atoms with van der Waals surface area (Å²) < 4.78 is 20.4. The lowest BCUT2D eigenvalue weighted by Crippen LogP contribution is -2.28. The first-order valence-corrected chi connectivity index (χ1v) is 9.58. The van der Waals surface area contributed by atoms with Crippen molar-refractivity contribution in [2.75, 3.05) is 0 Å². The average Bonchev–Trinajstić information content (AvgIpc) is 2.97. The van der Waals surface area contributed by atoms with Crippen LogP contribution >= 0.6 is 0 Å². The van der Waals surface area contributed by atoms with E-state index in [9.17, 15) is 19.2 Å². The SMILES string of the molecule is CC.CC1(O[B]OC2CC=C3C(=O)OC(=O)C3=CC2)C=CC2=C(C=C1)C(=O)OC2=O. The van der Waals surface area contributed by atoms with Gasteiger partial charge in [-0.15, -0.1) is 0 Å². The van der Waals surface area contributed by atoms with Crippen molar-refractivity contribution in [3.63, 3.8) is 0 Å². The molecule has 9 heteroatoms. The quantitative estimate of drug-likeness (QED) is 0.393. The molecule has 0 aromatic heterocycles. The van der Waals surface area contributed by atoms with E-state index in [2.05, 4.69) is 9.47 Å². The van der Waals surface area contributed by atoms with Gasteiger partial charge < -0.3 is 18.8 Å². The van der Waals surface area contributed by atoms with Crippen LogP contribution in [0.5, 0.6) is 0 Å². The van der Waals surface area contributed by atoms with Crippen molar-refractivity contribution in [1.82, 2.24) is 0 Å². The van der Waals surface area contributed by atoms with E-state index in [1.54, 1.807) is 31.2 Å². The van der Waals surface area contributed by atoms with Crippen LogP contribution in [0.25, 0.3) is 0 Å². The molecule has 0 unspecified atom stereocenters. The number of ether oxygens (including phenoxy) is 2. The van der Waals surface area contributed by atoms with Gasteiger partial charge in [-0.3, -0.25) is 0 Å². The van der Waals surface area contributed by atoms with E-state index in [0.29, 0.717) is 12.8 Å². The first kappa shape index (κ1) is 21.7. The van der Waals surface area contributed by atoms with Crippen LogP contribution in [-0.4, -0.2) is 43.3 Å². The normalized spacial score (nSPS) is 22.1. The number of esters is 4. The molecule has 2 aliphatic heterocycles. The molecule has 1 radical (unpaired) electrons. The van der Waals surface area contributed by atoms with Gasteiger partial charge in [-0.25, -0.2) is 19.2 Å². The zero-order valence-corrected chi connectivity index (χ0v) is 16.8. The van der Waals surface area contributed by atoms with Crippen molar-refractivity contribution in [3.05, 3.63) is 58.7 Å². The van der Waals surface area contributed by atoms with Gasteiger partial charge in [0.15, 0.2) is 0 Å². The Morgan fingerprint density at radius 1 is 0.867 bits per heavy atom. The molecule has 1 fully saturated rings. The largest absolute Gasteiger partial charge is 0.489 e. The van der Waals surface area contributed by atoms with Crippen molar-refractivity contribution in [1.29, 1.82) is 0 Å². The number of carbonyl (C=O) groups excluding carboxylic acids is 4. The summed E-state index contributed by atoms with van der Waals surface area (Å²) in [5.41, 5.74) is -0.0613. The fourth-order valence-electron chi connectivity index (χ4n) is 3.08. The summed E-state index contributed by atoms with van der Waals surface area (Å²) in [5, 5.41) is 0. The van der Waals surface area contributed by atoms with Crippen molar-refractivity contribution < 1.29 is 38.0 Å². The summed E-state index contributed by atoms with van der Waals surface area (Å²) >= 11 is 0. The number of cyclic esters (lactones) is 4. The summed E-state index contributed by atoms with van der Waals surface area (Å²) in [6, 6.07) is 0. The average molecular weight is 411 g/mol. The smallest absolute Gasteiger partial charge is 0.410 e. The van der Waals surface area contributed by atoms with Crippen molar-refractivity contribution in [2.45, 2.75) is 45.3 Å². The Bertz CT molecular complexity index is 884. The molecule has 0 atom stereocenters. The highest BCUT2D eigenvalue weighted by Crippen LogP contribution is 2.29. The van der Waals surface area contributed by atoms with Crippen LogP contribution in [0.4, 0.5) is 0 Å². The van der Waals surface area contributed by atoms with E-state index in [1.165, 1.54) is 19.8 Å². The molecule has 0 amide bonds. The minimum absolute atomic E-state index is 0.180. The third-order valence-electron chi connectivity index (χ3n) is 4.71. The van der Waals surface area contributed by atoms with Crippen LogP contribution in [0.3, 0.4) is 0 Å². The summed E-state index contributed by atoms with van der Waals surface area (Å²) in [6.45, 7) is 5.73. The highest BCUT2D eigenvalue weighted by molar-refractivity contribution is 6.19. The highest BCUT2D eigenvalue weighted by atomic mass is 16.6. The van der Waals surface area contributed by atoms with Gasteiger partial charge in [0.2, 0.25) is 0 Å². The maximum Gasteiger partial charge on any atom is 0.489 e. The standard InChI is InChI=1S/C19H14BO8.C2H6/c1-19(8-6-13-14(7-9-19)18(24)26-17(13)23)28-20-27-10-2-4-11-12(5-3-10)16(22)25-15(11)21;1-2/h4-10H,2-3H2,1H3;1-2H3. The summed E-state index contributed by atoms with van der Waals surface area (Å²) in [6.07, 6.45) is 9.89. The molecular formula is C21H20BO8. The second-order valence-corrected chi connectivity index (χ2v) is 6.71. The summed E-state index contributed by atoms with van der Waals surface area (Å²) in [5.74, 6) is -2.67. The number of rotatable bonds is 4. The molecule has 2 heterocycles. The Morgan fingerprint density at radius 2 is 1.33 bits per heavy atom.